The first kappa shape index (κ1) is 63.1. The Labute approximate surface area is 400 Å². The van der Waals surface area contributed by atoms with Crippen molar-refractivity contribution in [3.8, 4) is 0 Å². The highest BCUT2D eigenvalue weighted by molar-refractivity contribution is 6.89. The molecule has 0 aliphatic carbocycles. The molecule has 1 saturated heterocycles. The van der Waals surface area contributed by atoms with Crippen molar-refractivity contribution in [2.45, 2.75) is 263 Å². The molecule has 1 aliphatic heterocycles. The van der Waals surface area contributed by atoms with Gasteiger partial charge in [-0.1, -0.05) is 0 Å². The minimum absolute atomic E-state index is 0.796. The van der Waals surface area contributed by atoms with Crippen molar-refractivity contribution in [2.24, 2.45) is 0 Å². The van der Waals surface area contributed by atoms with Gasteiger partial charge in [0.1, 0.15) is 0 Å². The molecule has 0 spiro atoms. The predicted molar refractivity (Wildman–Crippen MR) is 268 cm³/mol. The first-order valence-corrected chi connectivity index (χ1v) is 40.3. The molecular weight excluding hydrogens is 961 g/mol. The quantitative estimate of drug-likeness (QED) is 0.212. The van der Waals surface area contributed by atoms with Gasteiger partial charge in [0.25, 0.3) is 0 Å². The van der Waals surface area contributed by atoms with Crippen LogP contribution < -0.4 is 0 Å². The molecule has 0 saturated carbocycles. The average molecular weight is 1060 g/mol. The van der Waals surface area contributed by atoms with Crippen LogP contribution in [0, 0.1) is 0 Å². The van der Waals surface area contributed by atoms with Crippen molar-refractivity contribution < 1.29 is 68.3 Å². The van der Waals surface area contributed by atoms with Gasteiger partial charge in [0.05, 0.1) is 44.8 Å². The van der Waals surface area contributed by atoms with Gasteiger partial charge in [-0.25, -0.2) is 0 Å². The molecule has 1 rings (SSSR count). The zero-order valence-corrected chi connectivity index (χ0v) is 54.5. The van der Waals surface area contributed by atoms with Crippen LogP contribution in [0.3, 0.4) is 0 Å². The normalized spacial score (nSPS) is 36.0. The summed E-state index contributed by atoms with van der Waals surface area (Å²) in [4.78, 5) is 0. The average Bonchev–Trinajstić information content (AvgIpc) is 2.73. The van der Waals surface area contributed by atoms with E-state index in [2.05, 4.69) is 0 Å². The Hall–Kier alpha value is 1.10. The molecule has 0 unspecified atom stereocenters. The van der Waals surface area contributed by atoms with E-state index in [4.69, 9.17) is 68.3 Å². The lowest BCUT2D eigenvalue weighted by Crippen LogP contribution is -2.73. The van der Waals surface area contributed by atoms with Crippen LogP contribution in [0.4, 0.5) is 0 Å². The van der Waals surface area contributed by atoms with Crippen molar-refractivity contribution in [3.05, 3.63) is 0 Å². The molecule has 384 valence electrons. The second-order valence-corrected chi connectivity index (χ2v) is 47.4. The first-order chi connectivity index (χ1) is 27.3. The summed E-state index contributed by atoms with van der Waals surface area (Å²) >= 11 is 0. The number of rotatable bonds is 8. The molecule has 0 bridgehead atoms. The smallest absolute Gasteiger partial charge is 0.373 e. The van der Waals surface area contributed by atoms with Crippen molar-refractivity contribution >= 4 is 70.4 Å². The fourth-order valence-corrected chi connectivity index (χ4v) is 45.1. The predicted octanol–water partition coefficient (Wildman–Crippen LogP) is 11.2. The maximum Gasteiger partial charge on any atom is 0.483 e. The fourth-order valence-electron chi connectivity index (χ4n) is 7.64. The van der Waals surface area contributed by atoms with Crippen LogP contribution in [0.5, 0.6) is 0 Å². The highest BCUT2D eigenvalue weighted by atomic mass is 28.6. The summed E-state index contributed by atoms with van der Waals surface area (Å²) in [7, 11) is -32.6. The van der Waals surface area contributed by atoms with E-state index in [9.17, 15) is 0 Å². The SMILES string of the molecule is CC(C)(C)O[Si]1(C)O[Si](C)(OC(C)(C)C)O[Si](C)(OC(C)(C)C)O[Si](C)(OC(C)(C)C)O[Si](C)(OC(C)(C)C)O[Si](C)(OC(C)(C)C)O[Si](C)(OC(C)(C)C)O[Si](C)(OC(C)(C)C)O1. The van der Waals surface area contributed by atoms with Gasteiger partial charge in [0.15, 0.2) is 0 Å². The third kappa shape index (κ3) is 25.8. The summed E-state index contributed by atoms with van der Waals surface area (Å²) in [5.74, 6) is 0. The molecule has 24 heteroatoms. The van der Waals surface area contributed by atoms with Crippen molar-refractivity contribution in [2.75, 3.05) is 0 Å². The molecule has 0 aromatic carbocycles. The molecule has 0 radical (unpaired) electrons. The Bertz CT molecular complexity index is 1160. The number of hydrogen-bond donors (Lipinski definition) is 0. The molecule has 0 amide bonds. The van der Waals surface area contributed by atoms with Gasteiger partial charge in [-0.3, -0.25) is 0 Å². The minimum Gasteiger partial charge on any atom is -0.373 e. The van der Waals surface area contributed by atoms with Gasteiger partial charge >= 0.3 is 70.4 Å². The van der Waals surface area contributed by atoms with E-state index in [0.29, 0.717) is 0 Å². The van der Waals surface area contributed by atoms with Crippen LogP contribution >= 0.6 is 0 Å². The highest BCUT2D eigenvalue weighted by Gasteiger charge is 2.67. The van der Waals surface area contributed by atoms with Crippen molar-refractivity contribution in [3.63, 3.8) is 0 Å². The van der Waals surface area contributed by atoms with Gasteiger partial charge in [-0.05, 0) is 166 Å². The second kappa shape index (κ2) is 19.9. The van der Waals surface area contributed by atoms with Gasteiger partial charge in [0, 0.05) is 52.4 Å². The molecular formula is C40H96O16Si8. The minimum atomic E-state index is -4.08. The molecule has 1 aliphatic rings. The Morgan fingerprint density at radius 2 is 0.234 bits per heavy atom. The van der Waals surface area contributed by atoms with Gasteiger partial charge < -0.3 is 68.3 Å². The lowest BCUT2D eigenvalue weighted by Gasteiger charge is -2.50. The van der Waals surface area contributed by atoms with E-state index in [-0.39, 0.29) is 0 Å². The van der Waals surface area contributed by atoms with Crippen molar-refractivity contribution in [1.29, 1.82) is 0 Å². The van der Waals surface area contributed by atoms with Crippen LogP contribution in [0.2, 0.25) is 52.4 Å². The van der Waals surface area contributed by atoms with Crippen LogP contribution in [0.1, 0.15) is 166 Å². The van der Waals surface area contributed by atoms with E-state index in [1.54, 1.807) is 52.4 Å². The highest BCUT2D eigenvalue weighted by Crippen LogP contribution is 2.41. The summed E-state index contributed by atoms with van der Waals surface area (Å²) in [6.07, 6.45) is 0. The molecule has 0 aromatic heterocycles. The third-order valence-electron chi connectivity index (χ3n) is 6.90. The molecule has 64 heavy (non-hydrogen) atoms. The van der Waals surface area contributed by atoms with Gasteiger partial charge in [-0.15, -0.1) is 0 Å². The molecule has 16 nitrogen and oxygen atoms in total. The lowest BCUT2D eigenvalue weighted by molar-refractivity contribution is -0.0443. The summed E-state index contributed by atoms with van der Waals surface area (Å²) < 4.78 is 114. The standard InChI is InChI=1S/C40H96O16Si8/c1-33(2,3)41-57(25)49-58(26,42-34(4,5)6)51-60(28,44-36(10,11)12)53-62(30,46-38(16,17)18)55-64(32,48-40(22,23)24)56-63(31,47-39(19,20)21)54-61(29,45-37(13,14)15)52-59(27,50-57)43-35(7,8)9/h1-32H3. The third-order valence-corrected chi connectivity index (χ3v) is 38.5. The Balaban J connectivity index is 4.86. The zero-order chi connectivity index (χ0) is 51.3. The van der Waals surface area contributed by atoms with Gasteiger partial charge in [0.2, 0.25) is 0 Å². The number of hydrogen-bond acceptors (Lipinski definition) is 16. The van der Waals surface area contributed by atoms with E-state index in [0.717, 1.165) is 0 Å². The van der Waals surface area contributed by atoms with Gasteiger partial charge in [-0.2, -0.15) is 0 Å². The molecule has 0 N–H and O–H groups in total. The van der Waals surface area contributed by atoms with Crippen LogP contribution in [0.15, 0.2) is 0 Å². The second-order valence-electron chi connectivity index (χ2n) is 25.4. The van der Waals surface area contributed by atoms with Crippen molar-refractivity contribution in [1.82, 2.24) is 0 Å². The largest absolute Gasteiger partial charge is 0.483 e. The Morgan fingerprint density at radius 3 is 0.281 bits per heavy atom. The van der Waals surface area contributed by atoms with E-state index < -0.39 is 115 Å². The fraction of sp³-hybridized carbons (Fsp3) is 1.00. The summed E-state index contributed by atoms with van der Waals surface area (Å²) in [5.41, 5.74) is -6.36. The summed E-state index contributed by atoms with van der Waals surface area (Å²) in [6, 6.07) is 0. The molecule has 0 atom stereocenters. The van der Waals surface area contributed by atoms with E-state index >= 15 is 0 Å². The summed E-state index contributed by atoms with van der Waals surface area (Å²) in [5, 5.41) is 0. The monoisotopic (exact) mass is 1060 g/mol. The van der Waals surface area contributed by atoms with Crippen LogP contribution in [-0.4, -0.2) is 115 Å². The van der Waals surface area contributed by atoms with Crippen LogP contribution in [0.25, 0.3) is 0 Å². The molecule has 1 heterocycles. The molecule has 0 aromatic rings. The maximum atomic E-state index is 7.30. The van der Waals surface area contributed by atoms with E-state index in [1.807, 2.05) is 166 Å². The molecule has 1 fully saturated rings. The van der Waals surface area contributed by atoms with Crippen LogP contribution in [-0.2, 0) is 68.3 Å². The summed E-state index contributed by atoms with van der Waals surface area (Å²) in [6.45, 7) is 60.7. The zero-order valence-electron chi connectivity index (χ0n) is 46.5. The van der Waals surface area contributed by atoms with E-state index in [1.165, 1.54) is 0 Å². The first-order valence-electron chi connectivity index (χ1n) is 22.5. The maximum absolute atomic E-state index is 7.30. The topological polar surface area (TPSA) is 148 Å². The Morgan fingerprint density at radius 1 is 0.172 bits per heavy atom. The lowest BCUT2D eigenvalue weighted by atomic mass is 10.2. The Kier molecular flexibility index (Phi) is 19.7.